The Morgan fingerprint density at radius 1 is 1.29 bits per heavy atom. The molecule has 1 heterocycles. The molecule has 0 saturated carbocycles. The number of rotatable bonds is 5. The highest BCUT2D eigenvalue weighted by Crippen LogP contribution is 2.19. The topological polar surface area (TPSA) is 55.3 Å². The zero-order valence-corrected chi connectivity index (χ0v) is 12.5. The number of carbonyl (C=O) groups excluding carboxylic acids is 1. The fraction of sp³-hybridized carbons (Fsp3) is 0.312. The van der Waals surface area contributed by atoms with Crippen LogP contribution in [0.5, 0.6) is 0 Å². The van der Waals surface area contributed by atoms with Crippen molar-refractivity contribution in [3.8, 4) is 0 Å². The highest BCUT2D eigenvalue weighted by molar-refractivity contribution is 5.94. The molecule has 0 radical (unpaired) electrons. The number of aryl methyl sites for hydroxylation is 1. The standard InChI is InChI=1S/C16H19N3O2/c1-4-21-16(20)14-10-17-12(2)18-15(14)19(3)11-13-8-6-5-7-9-13/h5-10H,4,11H2,1-3H3. The monoisotopic (exact) mass is 285 g/mol. The zero-order valence-electron chi connectivity index (χ0n) is 12.5. The van der Waals surface area contributed by atoms with E-state index < -0.39 is 5.97 Å². The van der Waals surface area contributed by atoms with Crippen molar-refractivity contribution in [3.63, 3.8) is 0 Å². The fourth-order valence-corrected chi connectivity index (χ4v) is 2.03. The molecule has 2 rings (SSSR count). The van der Waals surface area contributed by atoms with E-state index in [0.29, 0.717) is 30.4 Å². The second-order valence-electron chi connectivity index (χ2n) is 4.72. The first-order valence-corrected chi connectivity index (χ1v) is 6.87. The summed E-state index contributed by atoms with van der Waals surface area (Å²) in [6.45, 7) is 4.56. The van der Waals surface area contributed by atoms with Gasteiger partial charge in [-0.1, -0.05) is 30.3 Å². The van der Waals surface area contributed by atoms with Crippen molar-refractivity contribution < 1.29 is 9.53 Å². The molecule has 0 atom stereocenters. The molecule has 0 fully saturated rings. The van der Waals surface area contributed by atoms with E-state index >= 15 is 0 Å². The molecule has 0 spiro atoms. The molecule has 21 heavy (non-hydrogen) atoms. The Morgan fingerprint density at radius 2 is 2.00 bits per heavy atom. The maximum absolute atomic E-state index is 12.0. The Bertz CT molecular complexity index is 614. The Balaban J connectivity index is 2.28. The molecule has 1 aromatic carbocycles. The Morgan fingerprint density at radius 3 is 2.67 bits per heavy atom. The van der Waals surface area contributed by atoms with Gasteiger partial charge in [-0.2, -0.15) is 0 Å². The van der Waals surface area contributed by atoms with Gasteiger partial charge in [0.2, 0.25) is 0 Å². The van der Waals surface area contributed by atoms with Gasteiger partial charge in [0.05, 0.1) is 6.61 Å². The van der Waals surface area contributed by atoms with Crippen LogP contribution in [0.2, 0.25) is 0 Å². The molecule has 110 valence electrons. The maximum atomic E-state index is 12.0. The second-order valence-corrected chi connectivity index (χ2v) is 4.72. The third-order valence-electron chi connectivity index (χ3n) is 3.01. The summed E-state index contributed by atoms with van der Waals surface area (Å²) in [6, 6.07) is 10.0. The van der Waals surface area contributed by atoms with E-state index in [2.05, 4.69) is 9.97 Å². The molecule has 0 saturated heterocycles. The molecular weight excluding hydrogens is 266 g/mol. The lowest BCUT2D eigenvalue weighted by molar-refractivity contribution is 0.0526. The number of esters is 1. The number of aromatic nitrogens is 2. The summed E-state index contributed by atoms with van der Waals surface area (Å²) in [5, 5.41) is 0. The summed E-state index contributed by atoms with van der Waals surface area (Å²) in [5.41, 5.74) is 1.53. The molecule has 5 nitrogen and oxygen atoms in total. The molecule has 0 aliphatic rings. The van der Waals surface area contributed by atoms with Crippen molar-refractivity contribution in [1.29, 1.82) is 0 Å². The summed E-state index contributed by atoms with van der Waals surface area (Å²) in [7, 11) is 1.90. The van der Waals surface area contributed by atoms with E-state index in [1.807, 2.05) is 42.3 Å². The number of ether oxygens (including phenoxy) is 1. The van der Waals surface area contributed by atoms with Crippen molar-refractivity contribution >= 4 is 11.8 Å². The zero-order chi connectivity index (χ0) is 15.2. The number of anilines is 1. The van der Waals surface area contributed by atoms with Crippen LogP contribution in [0.4, 0.5) is 5.82 Å². The average molecular weight is 285 g/mol. The summed E-state index contributed by atoms with van der Waals surface area (Å²) >= 11 is 0. The van der Waals surface area contributed by atoms with Crippen molar-refractivity contribution in [3.05, 3.63) is 53.5 Å². The highest BCUT2D eigenvalue weighted by Gasteiger charge is 2.18. The van der Waals surface area contributed by atoms with Crippen LogP contribution in [0, 0.1) is 6.92 Å². The van der Waals surface area contributed by atoms with E-state index in [-0.39, 0.29) is 0 Å². The third kappa shape index (κ3) is 3.78. The van der Waals surface area contributed by atoms with Gasteiger partial charge in [0.25, 0.3) is 0 Å². The number of benzene rings is 1. The molecule has 0 bridgehead atoms. The highest BCUT2D eigenvalue weighted by atomic mass is 16.5. The lowest BCUT2D eigenvalue weighted by Gasteiger charge is -2.20. The normalized spacial score (nSPS) is 10.2. The second kappa shape index (κ2) is 6.83. The van der Waals surface area contributed by atoms with Crippen molar-refractivity contribution in [2.45, 2.75) is 20.4 Å². The molecule has 0 aliphatic carbocycles. The van der Waals surface area contributed by atoms with E-state index in [9.17, 15) is 4.79 Å². The van der Waals surface area contributed by atoms with Crippen molar-refractivity contribution in [1.82, 2.24) is 9.97 Å². The first-order valence-electron chi connectivity index (χ1n) is 6.87. The van der Waals surface area contributed by atoms with Crippen LogP contribution in [0.25, 0.3) is 0 Å². The molecule has 5 heteroatoms. The minimum atomic E-state index is -0.396. The van der Waals surface area contributed by atoms with Gasteiger partial charge < -0.3 is 9.64 Å². The van der Waals surface area contributed by atoms with Crippen LogP contribution in [-0.2, 0) is 11.3 Å². The van der Waals surface area contributed by atoms with Crippen LogP contribution < -0.4 is 4.90 Å². The minimum absolute atomic E-state index is 0.328. The van der Waals surface area contributed by atoms with E-state index in [1.165, 1.54) is 6.20 Å². The fourth-order valence-electron chi connectivity index (χ4n) is 2.03. The van der Waals surface area contributed by atoms with Crippen LogP contribution >= 0.6 is 0 Å². The summed E-state index contributed by atoms with van der Waals surface area (Å²) in [4.78, 5) is 22.4. The Labute approximate surface area is 124 Å². The molecule has 0 amide bonds. The maximum Gasteiger partial charge on any atom is 0.343 e. The van der Waals surface area contributed by atoms with E-state index in [4.69, 9.17) is 4.74 Å². The summed E-state index contributed by atoms with van der Waals surface area (Å²) in [5.74, 6) is 0.815. The summed E-state index contributed by atoms with van der Waals surface area (Å²) in [6.07, 6.45) is 1.52. The summed E-state index contributed by atoms with van der Waals surface area (Å²) < 4.78 is 5.06. The Kier molecular flexibility index (Phi) is 4.87. The largest absolute Gasteiger partial charge is 0.462 e. The SMILES string of the molecule is CCOC(=O)c1cnc(C)nc1N(C)Cc1ccccc1. The van der Waals surface area contributed by atoms with Gasteiger partial charge in [-0.25, -0.2) is 14.8 Å². The number of hydrogen-bond donors (Lipinski definition) is 0. The first kappa shape index (κ1) is 15.0. The van der Waals surface area contributed by atoms with Gasteiger partial charge in [0.15, 0.2) is 0 Å². The van der Waals surface area contributed by atoms with Crippen molar-refractivity contribution in [2.24, 2.45) is 0 Å². The molecule has 0 unspecified atom stereocenters. The Hall–Kier alpha value is -2.43. The predicted molar refractivity (Wildman–Crippen MR) is 81.3 cm³/mol. The predicted octanol–water partition coefficient (Wildman–Crippen LogP) is 2.60. The van der Waals surface area contributed by atoms with Crippen LogP contribution in [0.3, 0.4) is 0 Å². The number of hydrogen-bond acceptors (Lipinski definition) is 5. The minimum Gasteiger partial charge on any atom is -0.462 e. The third-order valence-corrected chi connectivity index (χ3v) is 3.01. The van der Waals surface area contributed by atoms with E-state index in [0.717, 1.165) is 5.56 Å². The number of nitrogens with zero attached hydrogens (tertiary/aromatic N) is 3. The lowest BCUT2D eigenvalue weighted by Crippen LogP contribution is -2.22. The smallest absolute Gasteiger partial charge is 0.343 e. The molecule has 0 aliphatic heterocycles. The van der Waals surface area contributed by atoms with Gasteiger partial charge in [-0.05, 0) is 19.4 Å². The molecular formula is C16H19N3O2. The van der Waals surface area contributed by atoms with Gasteiger partial charge in [-0.3, -0.25) is 0 Å². The van der Waals surface area contributed by atoms with Crippen LogP contribution in [0.15, 0.2) is 36.5 Å². The quantitative estimate of drug-likeness (QED) is 0.790. The molecule has 1 aromatic heterocycles. The molecule has 2 aromatic rings. The van der Waals surface area contributed by atoms with Gasteiger partial charge in [-0.15, -0.1) is 0 Å². The first-order chi connectivity index (χ1) is 10.1. The van der Waals surface area contributed by atoms with Crippen LogP contribution in [-0.4, -0.2) is 29.6 Å². The van der Waals surface area contributed by atoms with E-state index in [1.54, 1.807) is 13.8 Å². The molecule has 0 N–H and O–H groups in total. The van der Waals surface area contributed by atoms with Gasteiger partial charge >= 0.3 is 5.97 Å². The number of carbonyl (C=O) groups is 1. The van der Waals surface area contributed by atoms with Gasteiger partial charge in [0, 0.05) is 19.8 Å². The lowest BCUT2D eigenvalue weighted by atomic mass is 10.2. The van der Waals surface area contributed by atoms with Gasteiger partial charge in [0.1, 0.15) is 17.2 Å². The average Bonchev–Trinajstić information content (AvgIpc) is 2.48. The van der Waals surface area contributed by atoms with Crippen molar-refractivity contribution in [2.75, 3.05) is 18.6 Å². The van der Waals surface area contributed by atoms with Crippen LogP contribution in [0.1, 0.15) is 28.7 Å².